The number of pyridine rings is 1. The Morgan fingerprint density at radius 3 is 2.94 bits per heavy atom. The van der Waals surface area contributed by atoms with Crippen LogP contribution in [0.4, 0.5) is 11.5 Å². The van der Waals surface area contributed by atoms with Gasteiger partial charge in [-0.05, 0) is 12.1 Å². The highest BCUT2D eigenvalue weighted by atomic mass is 32.2. The summed E-state index contributed by atoms with van der Waals surface area (Å²) in [6.07, 6.45) is 1.74. The molecule has 0 aliphatic carbocycles. The second-order valence-electron chi connectivity index (χ2n) is 4.06. The molecule has 6 heteroatoms. The van der Waals surface area contributed by atoms with Crippen LogP contribution in [0.15, 0.2) is 18.3 Å². The third-order valence-corrected chi connectivity index (χ3v) is 3.49. The van der Waals surface area contributed by atoms with Crippen LogP contribution in [0, 0.1) is 0 Å². The van der Waals surface area contributed by atoms with E-state index in [0.29, 0.717) is 5.82 Å². The minimum atomic E-state index is -0.102. The summed E-state index contributed by atoms with van der Waals surface area (Å²) in [7, 11) is 3.91. The van der Waals surface area contributed by atoms with E-state index in [4.69, 9.17) is 0 Å². The minimum absolute atomic E-state index is 0.0138. The van der Waals surface area contributed by atoms with E-state index in [9.17, 15) is 4.79 Å². The van der Waals surface area contributed by atoms with Crippen molar-refractivity contribution in [1.82, 2.24) is 10.3 Å². The van der Waals surface area contributed by atoms with Crippen LogP contribution in [-0.2, 0) is 4.79 Å². The summed E-state index contributed by atoms with van der Waals surface area (Å²) in [6, 6.07) is 3.64. The zero-order valence-corrected chi connectivity index (χ0v) is 10.8. The molecular formula is C11H16N4OS. The molecule has 1 atom stereocenters. The summed E-state index contributed by atoms with van der Waals surface area (Å²) >= 11 is 1.73. The number of carbonyl (C=O) groups excluding carboxylic acids is 1. The second kappa shape index (κ2) is 5.37. The van der Waals surface area contributed by atoms with E-state index >= 15 is 0 Å². The standard InChI is InChI=1S/C11H16N4OS/c1-15(2)8-3-4-10(12-5-8)14-11(16)9-6-17-7-13-9/h3-5,9,13H,6-7H2,1-2H3,(H,12,14,16). The molecule has 1 amide bonds. The highest BCUT2D eigenvalue weighted by molar-refractivity contribution is 7.99. The van der Waals surface area contributed by atoms with Gasteiger partial charge in [-0.25, -0.2) is 4.98 Å². The van der Waals surface area contributed by atoms with Gasteiger partial charge in [-0.2, -0.15) is 0 Å². The van der Waals surface area contributed by atoms with Gasteiger partial charge in [0.25, 0.3) is 0 Å². The van der Waals surface area contributed by atoms with E-state index in [-0.39, 0.29) is 11.9 Å². The fourth-order valence-electron chi connectivity index (χ4n) is 1.50. The maximum absolute atomic E-state index is 11.8. The number of nitrogens with one attached hydrogen (secondary N) is 2. The summed E-state index contributed by atoms with van der Waals surface area (Å²) in [5.74, 6) is 2.24. The lowest BCUT2D eigenvalue weighted by Gasteiger charge is -2.13. The molecule has 17 heavy (non-hydrogen) atoms. The van der Waals surface area contributed by atoms with Crippen molar-refractivity contribution < 1.29 is 4.79 Å². The van der Waals surface area contributed by atoms with Crippen molar-refractivity contribution in [2.75, 3.05) is 35.9 Å². The Morgan fingerprint density at radius 1 is 1.59 bits per heavy atom. The Hall–Kier alpha value is -1.27. The van der Waals surface area contributed by atoms with Crippen LogP contribution in [-0.4, -0.2) is 42.7 Å². The maximum atomic E-state index is 11.8. The number of hydrogen-bond donors (Lipinski definition) is 2. The number of nitrogens with zero attached hydrogens (tertiary/aromatic N) is 2. The van der Waals surface area contributed by atoms with Crippen LogP contribution in [0.2, 0.25) is 0 Å². The molecule has 1 aromatic heterocycles. The first-order valence-corrected chi connectivity index (χ1v) is 6.57. The first kappa shape index (κ1) is 12.2. The van der Waals surface area contributed by atoms with Gasteiger partial charge in [-0.1, -0.05) is 0 Å². The average molecular weight is 252 g/mol. The molecule has 2 rings (SSSR count). The van der Waals surface area contributed by atoms with Gasteiger partial charge in [0.15, 0.2) is 0 Å². The van der Waals surface area contributed by atoms with Crippen LogP contribution < -0.4 is 15.5 Å². The van der Waals surface area contributed by atoms with Crippen molar-refractivity contribution in [2.45, 2.75) is 6.04 Å². The Kier molecular flexibility index (Phi) is 3.86. The summed E-state index contributed by atoms with van der Waals surface area (Å²) < 4.78 is 0. The average Bonchev–Trinajstić information content (AvgIpc) is 2.83. The lowest BCUT2D eigenvalue weighted by Crippen LogP contribution is -2.37. The van der Waals surface area contributed by atoms with Crippen LogP contribution in [0.25, 0.3) is 0 Å². The molecule has 1 aliphatic rings. The van der Waals surface area contributed by atoms with Gasteiger partial charge in [0, 0.05) is 25.7 Å². The predicted octanol–water partition coefficient (Wildman–Crippen LogP) is 0.749. The lowest BCUT2D eigenvalue weighted by molar-refractivity contribution is -0.117. The second-order valence-corrected chi connectivity index (χ2v) is 5.09. The van der Waals surface area contributed by atoms with Crippen molar-refractivity contribution in [1.29, 1.82) is 0 Å². The normalized spacial score (nSPS) is 19.1. The summed E-state index contributed by atoms with van der Waals surface area (Å²) in [6.45, 7) is 0. The zero-order chi connectivity index (χ0) is 12.3. The highest BCUT2D eigenvalue weighted by Crippen LogP contribution is 2.14. The summed E-state index contributed by atoms with van der Waals surface area (Å²) in [5.41, 5.74) is 1.01. The van der Waals surface area contributed by atoms with Crippen molar-refractivity contribution in [3.05, 3.63) is 18.3 Å². The molecule has 0 radical (unpaired) electrons. The first-order chi connectivity index (χ1) is 8.16. The van der Waals surface area contributed by atoms with E-state index in [2.05, 4.69) is 15.6 Å². The van der Waals surface area contributed by atoms with Gasteiger partial charge in [0.2, 0.25) is 5.91 Å². The topological polar surface area (TPSA) is 57.3 Å². The first-order valence-electron chi connectivity index (χ1n) is 5.42. The van der Waals surface area contributed by atoms with Gasteiger partial charge in [-0.3, -0.25) is 10.1 Å². The van der Waals surface area contributed by atoms with Gasteiger partial charge in [-0.15, -0.1) is 11.8 Å². The molecule has 2 N–H and O–H groups in total. The van der Waals surface area contributed by atoms with Crippen molar-refractivity contribution >= 4 is 29.2 Å². The number of aromatic nitrogens is 1. The number of thioether (sulfide) groups is 1. The Morgan fingerprint density at radius 2 is 2.41 bits per heavy atom. The van der Waals surface area contributed by atoms with E-state index < -0.39 is 0 Å². The largest absolute Gasteiger partial charge is 0.376 e. The minimum Gasteiger partial charge on any atom is -0.376 e. The molecule has 92 valence electrons. The van der Waals surface area contributed by atoms with E-state index in [0.717, 1.165) is 17.3 Å². The van der Waals surface area contributed by atoms with Crippen LogP contribution in [0.5, 0.6) is 0 Å². The third-order valence-electron chi connectivity index (χ3n) is 2.55. The Balaban J connectivity index is 1.96. The van der Waals surface area contributed by atoms with E-state index in [1.807, 2.05) is 31.1 Å². The van der Waals surface area contributed by atoms with Crippen molar-refractivity contribution in [2.24, 2.45) is 0 Å². The quantitative estimate of drug-likeness (QED) is 0.831. The molecule has 1 unspecified atom stereocenters. The highest BCUT2D eigenvalue weighted by Gasteiger charge is 2.22. The van der Waals surface area contributed by atoms with Crippen LogP contribution in [0.3, 0.4) is 0 Å². The predicted molar refractivity (Wildman–Crippen MR) is 71.4 cm³/mol. The molecule has 1 aromatic rings. The third kappa shape index (κ3) is 3.10. The number of carbonyl (C=O) groups is 1. The SMILES string of the molecule is CN(C)c1ccc(NC(=O)C2CSCN2)nc1. The van der Waals surface area contributed by atoms with Crippen LogP contribution in [0.1, 0.15) is 0 Å². The van der Waals surface area contributed by atoms with Crippen LogP contribution >= 0.6 is 11.8 Å². The molecule has 0 saturated carbocycles. The number of anilines is 2. The van der Waals surface area contributed by atoms with Gasteiger partial charge in [0.1, 0.15) is 5.82 Å². The molecule has 0 bridgehead atoms. The Labute approximate surface area is 105 Å². The van der Waals surface area contributed by atoms with E-state index in [1.54, 1.807) is 18.0 Å². The van der Waals surface area contributed by atoms with Gasteiger partial charge in [0.05, 0.1) is 17.9 Å². The molecule has 5 nitrogen and oxygen atoms in total. The fraction of sp³-hybridized carbons (Fsp3) is 0.455. The monoisotopic (exact) mass is 252 g/mol. The molecule has 2 heterocycles. The van der Waals surface area contributed by atoms with Crippen molar-refractivity contribution in [3.63, 3.8) is 0 Å². The lowest BCUT2D eigenvalue weighted by atomic mass is 10.3. The maximum Gasteiger partial charge on any atom is 0.243 e. The van der Waals surface area contributed by atoms with E-state index in [1.165, 1.54) is 0 Å². The number of rotatable bonds is 3. The number of amides is 1. The summed E-state index contributed by atoms with van der Waals surface area (Å²) in [4.78, 5) is 18.0. The fourth-order valence-corrected chi connectivity index (χ4v) is 2.44. The summed E-state index contributed by atoms with van der Waals surface area (Å²) in [5, 5.41) is 5.93. The molecule has 0 spiro atoms. The molecule has 1 saturated heterocycles. The van der Waals surface area contributed by atoms with Gasteiger partial charge < -0.3 is 10.2 Å². The van der Waals surface area contributed by atoms with Crippen molar-refractivity contribution in [3.8, 4) is 0 Å². The molecular weight excluding hydrogens is 236 g/mol. The smallest absolute Gasteiger partial charge is 0.243 e. The van der Waals surface area contributed by atoms with Gasteiger partial charge >= 0.3 is 0 Å². The zero-order valence-electron chi connectivity index (χ0n) is 9.93. The molecule has 1 aliphatic heterocycles. The molecule has 0 aromatic carbocycles. The molecule has 1 fully saturated rings. The number of hydrogen-bond acceptors (Lipinski definition) is 5. The Bertz CT molecular complexity index is 387.